The Kier molecular flexibility index (Phi) is 1.49. The van der Waals surface area contributed by atoms with E-state index in [2.05, 4.69) is 5.32 Å². The first-order chi connectivity index (χ1) is 4.86. The molecule has 0 aromatic rings. The first-order valence-electron chi connectivity index (χ1n) is 4.15. The molecular formula is C8H13NO. The van der Waals surface area contributed by atoms with Gasteiger partial charge in [0.25, 0.3) is 0 Å². The fraction of sp³-hybridized carbons (Fsp3) is 0.875. The number of ketones is 1. The van der Waals surface area contributed by atoms with Crippen LogP contribution in [-0.4, -0.2) is 17.9 Å². The van der Waals surface area contributed by atoms with Gasteiger partial charge in [-0.1, -0.05) is 0 Å². The number of nitrogens with one attached hydrogen (secondary N) is 1. The van der Waals surface area contributed by atoms with Crippen LogP contribution >= 0.6 is 0 Å². The van der Waals surface area contributed by atoms with Crippen molar-refractivity contribution in [1.82, 2.24) is 5.32 Å². The number of hydrogen-bond acceptors (Lipinski definition) is 2. The van der Waals surface area contributed by atoms with E-state index in [1.807, 2.05) is 0 Å². The zero-order chi connectivity index (χ0) is 6.97. The van der Waals surface area contributed by atoms with E-state index in [-0.39, 0.29) is 6.04 Å². The third-order valence-corrected chi connectivity index (χ3v) is 2.61. The summed E-state index contributed by atoms with van der Waals surface area (Å²) in [5.74, 6) is 0.441. The molecule has 0 spiro atoms. The summed E-state index contributed by atoms with van der Waals surface area (Å²) in [6, 6.07) is 0.893. The number of carbonyl (C=O) groups excluding carboxylic acids is 1. The molecule has 2 rings (SSSR count). The molecule has 2 bridgehead atoms. The Morgan fingerprint density at radius 2 is 2.20 bits per heavy atom. The molecule has 2 saturated heterocycles. The lowest BCUT2D eigenvalue weighted by atomic mass is 9.86. The van der Waals surface area contributed by atoms with Crippen LogP contribution in [0.1, 0.15) is 32.1 Å². The minimum absolute atomic E-state index is 0.229. The van der Waals surface area contributed by atoms with Crippen molar-refractivity contribution in [3.8, 4) is 0 Å². The molecule has 2 heteroatoms. The summed E-state index contributed by atoms with van der Waals surface area (Å²) in [4.78, 5) is 11.1. The highest BCUT2D eigenvalue weighted by Crippen LogP contribution is 2.22. The third-order valence-electron chi connectivity index (χ3n) is 2.61. The van der Waals surface area contributed by atoms with Crippen LogP contribution in [0.3, 0.4) is 0 Å². The summed E-state index contributed by atoms with van der Waals surface area (Å²) in [6.45, 7) is 0. The van der Waals surface area contributed by atoms with Crippen molar-refractivity contribution in [2.45, 2.75) is 44.2 Å². The lowest BCUT2D eigenvalue weighted by molar-refractivity contribution is -0.124. The van der Waals surface area contributed by atoms with Gasteiger partial charge in [-0.05, 0) is 25.7 Å². The lowest BCUT2D eigenvalue weighted by Crippen LogP contribution is -2.50. The maximum atomic E-state index is 11.1. The second-order valence-corrected chi connectivity index (χ2v) is 3.35. The predicted octanol–water partition coefficient (Wildman–Crippen LogP) is 0.860. The first-order valence-corrected chi connectivity index (χ1v) is 4.15. The van der Waals surface area contributed by atoms with Crippen molar-refractivity contribution in [2.24, 2.45) is 0 Å². The van der Waals surface area contributed by atoms with Gasteiger partial charge in [0.1, 0.15) is 5.78 Å². The molecule has 1 N–H and O–H groups in total. The molecule has 2 aliphatic heterocycles. The molecule has 2 fully saturated rings. The van der Waals surface area contributed by atoms with Crippen LogP contribution in [0, 0.1) is 0 Å². The molecule has 2 nitrogen and oxygen atoms in total. The molecule has 0 aromatic carbocycles. The highest BCUT2D eigenvalue weighted by atomic mass is 16.1. The van der Waals surface area contributed by atoms with Gasteiger partial charge < -0.3 is 5.32 Å². The maximum Gasteiger partial charge on any atom is 0.149 e. The molecule has 0 aliphatic carbocycles. The number of Topliss-reactive ketones (excluding diaryl/α,β-unsaturated/α-hetero) is 1. The standard InChI is InChI=1S/C8H13NO/c10-8-5-4-6-2-1-3-7(8)9-6/h6-7,9H,1-5H2. The van der Waals surface area contributed by atoms with Gasteiger partial charge in [0.15, 0.2) is 0 Å². The highest BCUT2D eigenvalue weighted by Gasteiger charge is 2.30. The molecule has 0 amide bonds. The van der Waals surface area contributed by atoms with E-state index in [0.29, 0.717) is 11.8 Å². The highest BCUT2D eigenvalue weighted by molar-refractivity contribution is 5.84. The normalized spacial score (nSPS) is 39.8. The Bertz CT molecular complexity index is 155. The van der Waals surface area contributed by atoms with Crippen LogP contribution in [0.2, 0.25) is 0 Å². The largest absolute Gasteiger partial charge is 0.305 e. The van der Waals surface area contributed by atoms with Crippen LogP contribution < -0.4 is 5.32 Å². The van der Waals surface area contributed by atoms with Crippen molar-refractivity contribution in [1.29, 1.82) is 0 Å². The average molecular weight is 139 g/mol. The summed E-state index contributed by atoms with van der Waals surface area (Å²) in [7, 11) is 0. The molecule has 2 aliphatic rings. The summed E-state index contributed by atoms with van der Waals surface area (Å²) in [5, 5.41) is 3.35. The quantitative estimate of drug-likeness (QED) is 0.539. The van der Waals surface area contributed by atoms with E-state index in [1.54, 1.807) is 0 Å². The van der Waals surface area contributed by atoms with E-state index in [4.69, 9.17) is 0 Å². The van der Waals surface area contributed by atoms with Crippen LogP contribution in [-0.2, 0) is 4.79 Å². The van der Waals surface area contributed by atoms with Crippen LogP contribution in [0.25, 0.3) is 0 Å². The average Bonchev–Trinajstić information content (AvgIpc) is 1.99. The van der Waals surface area contributed by atoms with Crippen molar-refractivity contribution in [3.63, 3.8) is 0 Å². The van der Waals surface area contributed by atoms with Gasteiger partial charge in [0, 0.05) is 12.5 Å². The molecule has 0 radical (unpaired) electrons. The second kappa shape index (κ2) is 2.35. The molecular weight excluding hydrogens is 126 g/mol. The zero-order valence-electron chi connectivity index (χ0n) is 6.10. The molecule has 2 unspecified atom stereocenters. The summed E-state index contributed by atoms with van der Waals surface area (Å²) >= 11 is 0. The van der Waals surface area contributed by atoms with Crippen LogP contribution in [0.5, 0.6) is 0 Å². The van der Waals surface area contributed by atoms with E-state index in [0.717, 1.165) is 19.3 Å². The van der Waals surface area contributed by atoms with Gasteiger partial charge in [-0.25, -0.2) is 0 Å². The van der Waals surface area contributed by atoms with E-state index in [9.17, 15) is 4.79 Å². The first kappa shape index (κ1) is 6.35. The Hall–Kier alpha value is -0.370. The molecule has 2 heterocycles. The second-order valence-electron chi connectivity index (χ2n) is 3.35. The zero-order valence-corrected chi connectivity index (χ0v) is 6.10. The number of fused-ring (bicyclic) bond motifs is 2. The van der Waals surface area contributed by atoms with Gasteiger partial charge in [-0.3, -0.25) is 4.79 Å². The smallest absolute Gasteiger partial charge is 0.149 e. The summed E-state index contributed by atoms with van der Waals surface area (Å²) < 4.78 is 0. The topological polar surface area (TPSA) is 29.1 Å². The van der Waals surface area contributed by atoms with Gasteiger partial charge >= 0.3 is 0 Å². The molecule has 10 heavy (non-hydrogen) atoms. The number of carbonyl (C=O) groups is 1. The third kappa shape index (κ3) is 0.966. The molecule has 0 saturated carbocycles. The Morgan fingerprint density at radius 1 is 1.30 bits per heavy atom. The van der Waals surface area contributed by atoms with Gasteiger partial charge in [0.2, 0.25) is 0 Å². The predicted molar refractivity (Wildman–Crippen MR) is 38.8 cm³/mol. The number of piperidine rings is 2. The Morgan fingerprint density at radius 3 is 3.00 bits per heavy atom. The Labute approximate surface area is 61.0 Å². The summed E-state index contributed by atoms with van der Waals surface area (Å²) in [6.07, 6.45) is 5.50. The monoisotopic (exact) mass is 139 g/mol. The SMILES string of the molecule is O=C1CCC2CCCC1N2. The van der Waals surface area contributed by atoms with E-state index < -0.39 is 0 Å². The maximum absolute atomic E-state index is 11.1. The van der Waals surface area contributed by atoms with Crippen LogP contribution in [0.4, 0.5) is 0 Å². The van der Waals surface area contributed by atoms with Gasteiger partial charge in [-0.2, -0.15) is 0 Å². The van der Waals surface area contributed by atoms with Gasteiger partial charge in [0.05, 0.1) is 6.04 Å². The fourth-order valence-electron chi connectivity index (χ4n) is 1.99. The molecule has 2 atom stereocenters. The minimum atomic E-state index is 0.229. The van der Waals surface area contributed by atoms with Gasteiger partial charge in [-0.15, -0.1) is 0 Å². The van der Waals surface area contributed by atoms with Crippen molar-refractivity contribution in [2.75, 3.05) is 0 Å². The molecule has 56 valence electrons. The van der Waals surface area contributed by atoms with Crippen molar-refractivity contribution < 1.29 is 4.79 Å². The lowest BCUT2D eigenvalue weighted by Gasteiger charge is -2.34. The minimum Gasteiger partial charge on any atom is -0.305 e. The van der Waals surface area contributed by atoms with Crippen molar-refractivity contribution in [3.05, 3.63) is 0 Å². The molecule has 0 aromatic heterocycles. The van der Waals surface area contributed by atoms with Crippen LogP contribution in [0.15, 0.2) is 0 Å². The van der Waals surface area contributed by atoms with E-state index in [1.165, 1.54) is 12.8 Å². The number of rotatable bonds is 0. The number of hydrogen-bond donors (Lipinski definition) is 1. The van der Waals surface area contributed by atoms with Crippen molar-refractivity contribution >= 4 is 5.78 Å². The van der Waals surface area contributed by atoms with E-state index >= 15 is 0 Å². The fourth-order valence-corrected chi connectivity index (χ4v) is 1.99. The summed E-state index contributed by atoms with van der Waals surface area (Å²) in [5.41, 5.74) is 0. The Balaban J connectivity index is 2.07.